The molecule has 1 atom stereocenters. The molecule has 0 bridgehead atoms. The number of rotatable bonds is 5. The van der Waals surface area contributed by atoms with Crippen molar-refractivity contribution < 1.29 is 4.42 Å². The molecule has 2 aromatic rings. The second-order valence-corrected chi connectivity index (χ2v) is 5.73. The first kappa shape index (κ1) is 12.8. The number of nitrogens with zero attached hydrogens (tertiary/aromatic N) is 1. The molecule has 0 fully saturated rings. The van der Waals surface area contributed by atoms with Gasteiger partial charge in [-0.3, -0.25) is 4.90 Å². The molecule has 0 radical (unpaired) electrons. The van der Waals surface area contributed by atoms with E-state index in [9.17, 15) is 0 Å². The minimum Gasteiger partial charge on any atom is -0.472 e. The third-order valence-corrected chi connectivity index (χ3v) is 4.69. The largest absolute Gasteiger partial charge is 0.472 e. The first-order chi connectivity index (χ1) is 8.22. The van der Waals surface area contributed by atoms with E-state index in [1.165, 1.54) is 10.4 Å². The molecule has 0 saturated heterocycles. The highest BCUT2D eigenvalue weighted by molar-refractivity contribution is 9.10. The molecule has 1 unspecified atom stereocenters. The Morgan fingerprint density at radius 1 is 1.53 bits per heavy atom. The topological polar surface area (TPSA) is 42.4 Å². The molecule has 5 heteroatoms. The number of furan rings is 1. The van der Waals surface area contributed by atoms with Crippen LogP contribution in [-0.2, 0) is 6.54 Å². The van der Waals surface area contributed by atoms with Gasteiger partial charge in [0.2, 0.25) is 0 Å². The van der Waals surface area contributed by atoms with Crippen molar-refractivity contribution in [1.29, 1.82) is 0 Å². The number of hydrogen-bond acceptors (Lipinski definition) is 4. The van der Waals surface area contributed by atoms with Crippen LogP contribution in [0.25, 0.3) is 0 Å². The molecule has 0 saturated carbocycles. The molecular formula is C12H15BrN2OS. The van der Waals surface area contributed by atoms with Crippen LogP contribution in [-0.4, -0.2) is 18.5 Å². The third kappa shape index (κ3) is 2.98. The molecule has 0 spiro atoms. The van der Waals surface area contributed by atoms with Crippen LogP contribution in [0.4, 0.5) is 0 Å². The van der Waals surface area contributed by atoms with E-state index < -0.39 is 0 Å². The van der Waals surface area contributed by atoms with Gasteiger partial charge in [0.25, 0.3) is 0 Å². The molecule has 3 nitrogen and oxygen atoms in total. The molecule has 2 N–H and O–H groups in total. The summed E-state index contributed by atoms with van der Waals surface area (Å²) in [6.45, 7) is 1.44. The molecule has 17 heavy (non-hydrogen) atoms. The summed E-state index contributed by atoms with van der Waals surface area (Å²) in [7, 11) is 2.08. The predicted octanol–water partition coefficient (Wildman–Crippen LogP) is 3.24. The van der Waals surface area contributed by atoms with Gasteiger partial charge in [-0.05, 0) is 40.5 Å². The van der Waals surface area contributed by atoms with Crippen molar-refractivity contribution in [2.24, 2.45) is 5.73 Å². The lowest BCUT2D eigenvalue weighted by Crippen LogP contribution is -2.29. The summed E-state index contributed by atoms with van der Waals surface area (Å²) in [4.78, 5) is 3.51. The zero-order valence-electron chi connectivity index (χ0n) is 9.60. The number of hydrogen-bond donors (Lipinski definition) is 1. The van der Waals surface area contributed by atoms with Gasteiger partial charge in [-0.15, -0.1) is 11.3 Å². The van der Waals surface area contributed by atoms with Crippen molar-refractivity contribution in [1.82, 2.24) is 4.90 Å². The van der Waals surface area contributed by atoms with Crippen LogP contribution in [0.15, 0.2) is 38.9 Å². The minimum atomic E-state index is 0.235. The van der Waals surface area contributed by atoms with Crippen molar-refractivity contribution in [2.45, 2.75) is 12.6 Å². The molecule has 0 aliphatic carbocycles. The molecule has 2 rings (SSSR count). The molecular weight excluding hydrogens is 300 g/mol. The van der Waals surface area contributed by atoms with Crippen LogP contribution < -0.4 is 5.73 Å². The summed E-state index contributed by atoms with van der Waals surface area (Å²) < 4.78 is 6.21. The van der Waals surface area contributed by atoms with Gasteiger partial charge in [0.15, 0.2) is 0 Å². The Morgan fingerprint density at radius 3 is 2.88 bits per heavy atom. The predicted molar refractivity (Wildman–Crippen MR) is 74.0 cm³/mol. The zero-order chi connectivity index (χ0) is 12.3. The van der Waals surface area contributed by atoms with Gasteiger partial charge in [-0.25, -0.2) is 0 Å². The lowest BCUT2D eigenvalue weighted by molar-refractivity contribution is 0.244. The second-order valence-electron chi connectivity index (χ2n) is 3.93. The standard InChI is InChI=1S/C12H15BrN2OS/c1-15(7-9-2-4-16-8-9)11(6-14)12-10(13)3-5-17-12/h2-5,8,11H,6-7,14H2,1H3. The Bertz CT molecular complexity index is 455. The Morgan fingerprint density at radius 2 is 2.35 bits per heavy atom. The van der Waals surface area contributed by atoms with E-state index in [1.54, 1.807) is 23.9 Å². The van der Waals surface area contributed by atoms with Crippen molar-refractivity contribution in [2.75, 3.05) is 13.6 Å². The maximum absolute atomic E-state index is 5.88. The summed E-state index contributed by atoms with van der Waals surface area (Å²) in [6.07, 6.45) is 3.47. The highest BCUT2D eigenvalue weighted by Crippen LogP contribution is 2.32. The highest BCUT2D eigenvalue weighted by atomic mass is 79.9. The van der Waals surface area contributed by atoms with E-state index >= 15 is 0 Å². The van der Waals surface area contributed by atoms with Crippen LogP contribution >= 0.6 is 27.3 Å². The van der Waals surface area contributed by atoms with Crippen LogP contribution in [0.5, 0.6) is 0 Å². The van der Waals surface area contributed by atoms with E-state index in [-0.39, 0.29) is 6.04 Å². The average molecular weight is 315 g/mol. The lowest BCUT2D eigenvalue weighted by atomic mass is 10.2. The van der Waals surface area contributed by atoms with Crippen molar-refractivity contribution in [3.63, 3.8) is 0 Å². The molecule has 0 aromatic carbocycles. The number of nitrogens with two attached hydrogens (primary N) is 1. The van der Waals surface area contributed by atoms with Crippen molar-refractivity contribution >= 4 is 27.3 Å². The number of thiophene rings is 1. The summed E-state index contributed by atoms with van der Waals surface area (Å²) in [5.74, 6) is 0. The summed E-state index contributed by atoms with van der Waals surface area (Å²) in [5, 5.41) is 2.08. The number of likely N-dealkylation sites (N-methyl/N-ethyl adjacent to an activating group) is 1. The van der Waals surface area contributed by atoms with Gasteiger partial charge in [-0.2, -0.15) is 0 Å². The van der Waals surface area contributed by atoms with Crippen molar-refractivity contribution in [3.05, 3.63) is 45.0 Å². The first-order valence-corrected chi connectivity index (χ1v) is 7.04. The summed E-state index contributed by atoms with van der Waals surface area (Å²) in [5.41, 5.74) is 7.05. The van der Waals surface area contributed by atoms with Gasteiger partial charge in [0, 0.05) is 28.0 Å². The van der Waals surface area contributed by atoms with Crippen LogP contribution in [0.1, 0.15) is 16.5 Å². The Labute approximate surface area is 113 Å². The molecule has 0 aliphatic rings. The van der Waals surface area contributed by atoms with E-state index in [0.717, 1.165) is 11.0 Å². The zero-order valence-corrected chi connectivity index (χ0v) is 12.0. The summed E-state index contributed by atoms with van der Waals surface area (Å²) >= 11 is 5.29. The van der Waals surface area contributed by atoms with E-state index in [0.29, 0.717) is 6.54 Å². The van der Waals surface area contributed by atoms with Gasteiger partial charge in [-0.1, -0.05) is 0 Å². The molecule has 2 aromatic heterocycles. The quantitative estimate of drug-likeness (QED) is 0.921. The maximum atomic E-state index is 5.88. The average Bonchev–Trinajstić information content (AvgIpc) is 2.92. The normalized spacial score (nSPS) is 13.2. The van der Waals surface area contributed by atoms with Crippen LogP contribution in [0, 0.1) is 0 Å². The monoisotopic (exact) mass is 314 g/mol. The van der Waals surface area contributed by atoms with E-state index in [2.05, 4.69) is 39.3 Å². The number of halogens is 1. The first-order valence-electron chi connectivity index (χ1n) is 5.36. The fourth-order valence-corrected chi connectivity index (χ4v) is 3.63. The van der Waals surface area contributed by atoms with Gasteiger partial charge in [0.1, 0.15) is 0 Å². The van der Waals surface area contributed by atoms with E-state index in [4.69, 9.17) is 10.2 Å². The lowest BCUT2D eigenvalue weighted by Gasteiger charge is -2.26. The van der Waals surface area contributed by atoms with Crippen LogP contribution in [0.2, 0.25) is 0 Å². The smallest absolute Gasteiger partial charge is 0.0947 e. The second kappa shape index (κ2) is 5.82. The molecule has 0 aliphatic heterocycles. The minimum absolute atomic E-state index is 0.235. The highest BCUT2D eigenvalue weighted by Gasteiger charge is 2.19. The molecule has 92 valence electrons. The van der Waals surface area contributed by atoms with Gasteiger partial charge < -0.3 is 10.2 Å². The van der Waals surface area contributed by atoms with Gasteiger partial charge >= 0.3 is 0 Å². The van der Waals surface area contributed by atoms with Crippen molar-refractivity contribution in [3.8, 4) is 0 Å². The molecule has 2 heterocycles. The maximum Gasteiger partial charge on any atom is 0.0947 e. The van der Waals surface area contributed by atoms with Gasteiger partial charge in [0.05, 0.1) is 18.6 Å². The SMILES string of the molecule is CN(Cc1ccoc1)C(CN)c1sccc1Br. The Balaban J connectivity index is 2.11. The summed E-state index contributed by atoms with van der Waals surface area (Å²) in [6, 6.07) is 4.28. The van der Waals surface area contributed by atoms with Crippen LogP contribution in [0.3, 0.4) is 0 Å². The molecule has 0 amide bonds. The third-order valence-electron chi connectivity index (χ3n) is 2.71. The Kier molecular flexibility index (Phi) is 4.39. The van der Waals surface area contributed by atoms with E-state index in [1.807, 2.05) is 6.07 Å². The fourth-order valence-electron chi connectivity index (χ4n) is 1.81. The Hall–Kier alpha value is -0.620. The fraction of sp³-hybridized carbons (Fsp3) is 0.333.